The van der Waals surface area contributed by atoms with Crippen LogP contribution in [0.4, 0.5) is 0 Å². The minimum atomic E-state index is -0.486. The lowest BCUT2D eigenvalue weighted by Crippen LogP contribution is -2.21. The smallest absolute Gasteiger partial charge is 0.205 e. The third-order valence-electron chi connectivity index (χ3n) is 6.39. The molecular formula is C29H21N5O2. The quantitative estimate of drug-likeness (QED) is 0.381. The van der Waals surface area contributed by atoms with Gasteiger partial charge in [-0.2, -0.15) is 10.4 Å². The SMILES string of the molecule is COc1ccc(-c2nn(-c3ccccc3)cc2C2C(C#N)=C(N)Oc3c2ccc2cccnc32)cc1. The highest BCUT2D eigenvalue weighted by Gasteiger charge is 2.35. The Labute approximate surface area is 207 Å². The van der Waals surface area contributed by atoms with Crippen LogP contribution in [0.3, 0.4) is 0 Å². The molecule has 0 spiro atoms. The molecule has 0 bridgehead atoms. The van der Waals surface area contributed by atoms with E-state index < -0.39 is 5.92 Å². The van der Waals surface area contributed by atoms with Crippen LogP contribution in [0.25, 0.3) is 27.8 Å². The molecule has 0 aliphatic carbocycles. The number of rotatable bonds is 4. The van der Waals surface area contributed by atoms with Crippen LogP contribution in [0.2, 0.25) is 0 Å². The van der Waals surface area contributed by atoms with Crippen molar-refractivity contribution in [3.05, 3.63) is 114 Å². The molecule has 3 heterocycles. The number of fused-ring (bicyclic) bond motifs is 3. The number of nitriles is 1. The minimum Gasteiger partial charge on any atom is -0.497 e. The zero-order valence-electron chi connectivity index (χ0n) is 19.4. The molecule has 1 atom stereocenters. The van der Waals surface area contributed by atoms with E-state index in [1.54, 1.807) is 13.3 Å². The molecule has 0 fully saturated rings. The molecule has 2 N–H and O–H groups in total. The highest BCUT2D eigenvalue weighted by atomic mass is 16.5. The number of methoxy groups -OCH3 is 1. The van der Waals surface area contributed by atoms with E-state index in [9.17, 15) is 5.26 Å². The van der Waals surface area contributed by atoms with Gasteiger partial charge in [0.15, 0.2) is 5.75 Å². The van der Waals surface area contributed by atoms with Gasteiger partial charge in [0.2, 0.25) is 5.88 Å². The number of para-hydroxylation sites is 1. The molecule has 0 radical (unpaired) electrons. The third kappa shape index (κ3) is 3.44. The highest BCUT2D eigenvalue weighted by Crippen LogP contribution is 2.47. The normalized spacial score (nSPS) is 14.7. The van der Waals surface area contributed by atoms with Crippen molar-refractivity contribution < 1.29 is 9.47 Å². The molecule has 0 amide bonds. The van der Waals surface area contributed by atoms with Crippen LogP contribution in [0.15, 0.2) is 103 Å². The summed E-state index contributed by atoms with van der Waals surface area (Å²) in [6.07, 6.45) is 3.68. The van der Waals surface area contributed by atoms with Crippen molar-refractivity contribution in [2.45, 2.75) is 5.92 Å². The molecule has 0 saturated carbocycles. The van der Waals surface area contributed by atoms with Crippen molar-refractivity contribution in [1.82, 2.24) is 14.8 Å². The lowest BCUT2D eigenvalue weighted by Gasteiger charge is -2.26. The molecular weight excluding hydrogens is 450 g/mol. The van der Waals surface area contributed by atoms with Gasteiger partial charge < -0.3 is 15.2 Å². The second-order valence-corrected chi connectivity index (χ2v) is 8.43. The summed E-state index contributed by atoms with van der Waals surface area (Å²) in [5.41, 5.74) is 11.5. The van der Waals surface area contributed by atoms with Gasteiger partial charge in [0.1, 0.15) is 22.9 Å². The number of aromatic nitrogens is 3. The molecule has 7 nitrogen and oxygen atoms in total. The number of pyridine rings is 1. The maximum Gasteiger partial charge on any atom is 0.205 e. The lowest BCUT2D eigenvalue weighted by atomic mass is 9.82. The average Bonchev–Trinajstić information content (AvgIpc) is 3.38. The Morgan fingerprint density at radius 3 is 2.53 bits per heavy atom. The van der Waals surface area contributed by atoms with E-state index in [0.717, 1.165) is 39.2 Å². The molecule has 36 heavy (non-hydrogen) atoms. The highest BCUT2D eigenvalue weighted by molar-refractivity contribution is 5.87. The van der Waals surface area contributed by atoms with Gasteiger partial charge >= 0.3 is 0 Å². The van der Waals surface area contributed by atoms with Crippen LogP contribution >= 0.6 is 0 Å². The Kier molecular flexibility index (Phi) is 5.12. The molecule has 174 valence electrons. The monoisotopic (exact) mass is 471 g/mol. The second kappa shape index (κ2) is 8.60. The summed E-state index contributed by atoms with van der Waals surface area (Å²) in [4.78, 5) is 4.54. The van der Waals surface area contributed by atoms with Crippen molar-refractivity contribution >= 4 is 10.9 Å². The second-order valence-electron chi connectivity index (χ2n) is 8.43. The number of ether oxygens (including phenoxy) is 2. The molecule has 2 aromatic heterocycles. The van der Waals surface area contributed by atoms with E-state index >= 15 is 0 Å². The van der Waals surface area contributed by atoms with Gasteiger partial charge in [-0.05, 0) is 42.5 Å². The summed E-state index contributed by atoms with van der Waals surface area (Å²) in [6.45, 7) is 0. The van der Waals surface area contributed by atoms with Crippen LogP contribution in [0.1, 0.15) is 17.0 Å². The Hall–Kier alpha value is -5.09. The Balaban J connectivity index is 1.62. The van der Waals surface area contributed by atoms with Gasteiger partial charge in [0.25, 0.3) is 0 Å². The predicted octanol–water partition coefficient (Wildman–Crippen LogP) is 5.31. The zero-order valence-corrected chi connectivity index (χ0v) is 19.4. The number of hydrogen-bond acceptors (Lipinski definition) is 6. The van der Waals surface area contributed by atoms with E-state index in [2.05, 4.69) is 11.1 Å². The van der Waals surface area contributed by atoms with Crippen LogP contribution in [-0.4, -0.2) is 21.9 Å². The van der Waals surface area contributed by atoms with E-state index in [1.165, 1.54) is 0 Å². The van der Waals surface area contributed by atoms with Crippen molar-refractivity contribution in [2.24, 2.45) is 5.73 Å². The molecule has 0 saturated heterocycles. The fraction of sp³-hybridized carbons (Fsp3) is 0.0690. The fourth-order valence-electron chi connectivity index (χ4n) is 4.66. The number of nitrogens with zero attached hydrogens (tertiary/aromatic N) is 4. The van der Waals surface area contributed by atoms with E-state index in [-0.39, 0.29) is 5.88 Å². The maximum atomic E-state index is 10.2. The van der Waals surface area contributed by atoms with Crippen molar-refractivity contribution in [1.29, 1.82) is 5.26 Å². The largest absolute Gasteiger partial charge is 0.497 e. The first-order valence-corrected chi connectivity index (χ1v) is 11.4. The van der Waals surface area contributed by atoms with E-state index in [0.29, 0.717) is 16.8 Å². The Morgan fingerprint density at radius 2 is 1.78 bits per heavy atom. The van der Waals surface area contributed by atoms with Crippen LogP contribution < -0.4 is 15.2 Å². The summed E-state index contributed by atoms with van der Waals surface area (Å²) in [6, 6.07) is 27.7. The lowest BCUT2D eigenvalue weighted by molar-refractivity contribution is 0.397. The maximum absolute atomic E-state index is 10.2. The molecule has 3 aromatic carbocycles. The van der Waals surface area contributed by atoms with Gasteiger partial charge in [-0.15, -0.1) is 0 Å². The first kappa shape index (κ1) is 21.4. The molecule has 1 aliphatic rings. The van der Waals surface area contributed by atoms with Gasteiger partial charge in [0, 0.05) is 34.5 Å². The molecule has 1 unspecified atom stereocenters. The first-order chi connectivity index (χ1) is 17.7. The first-order valence-electron chi connectivity index (χ1n) is 11.4. The summed E-state index contributed by atoms with van der Waals surface area (Å²) >= 11 is 0. The van der Waals surface area contributed by atoms with Crippen molar-refractivity contribution in [3.8, 4) is 34.5 Å². The Morgan fingerprint density at radius 1 is 0.972 bits per heavy atom. The standard InChI is InChI=1S/C29H21N5O2/c1-35-21-12-9-19(10-13-21)26-24(17-34(33-26)20-7-3-2-4-8-20)25-22-14-11-18-6-5-15-32-27(18)28(22)36-29(31)23(25)16-30/h2-15,17,25H,31H2,1H3. The van der Waals surface area contributed by atoms with Gasteiger partial charge in [-0.3, -0.25) is 4.98 Å². The predicted molar refractivity (Wildman–Crippen MR) is 137 cm³/mol. The average molecular weight is 472 g/mol. The zero-order chi connectivity index (χ0) is 24.6. The number of nitrogens with two attached hydrogens (primary N) is 1. The van der Waals surface area contributed by atoms with E-state index in [1.807, 2.05) is 89.7 Å². The molecule has 6 rings (SSSR count). The summed E-state index contributed by atoms with van der Waals surface area (Å²) < 4.78 is 13.2. The Bertz CT molecular complexity index is 1660. The van der Waals surface area contributed by atoms with Gasteiger partial charge in [-0.25, -0.2) is 4.68 Å². The van der Waals surface area contributed by atoms with Gasteiger partial charge in [0.05, 0.1) is 24.4 Å². The van der Waals surface area contributed by atoms with Crippen LogP contribution in [0.5, 0.6) is 11.5 Å². The van der Waals surface area contributed by atoms with Crippen LogP contribution in [-0.2, 0) is 0 Å². The summed E-state index contributed by atoms with van der Waals surface area (Å²) in [5, 5.41) is 16.0. The topological polar surface area (TPSA) is 99.0 Å². The third-order valence-corrected chi connectivity index (χ3v) is 6.39. The van der Waals surface area contributed by atoms with Crippen molar-refractivity contribution in [3.63, 3.8) is 0 Å². The molecule has 5 aromatic rings. The fourth-order valence-corrected chi connectivity index (χ4v) is 4.66. The van der Waals surface area contributed by atoms with Gasteiger partial charge in [-0.1, -0.05) is 36.4 Å². The number of allylic oxidation sites excluding steroid dienone is 1. The molecule has 1 aliphatic heterocycles. The number of benzene rings is 3. The van der Waals surface area contributed by atoms with E-state index in [4.69, 9.17) is 20.3 Å². The number of hydrogen-bond donors (Lipinski definition) is 1. The summed E-state index contributed by atoms with van der Waals surface area (Å²) in [7, 11) is 1.63. The van der Waals surface area contributed by atoms with Crippen molar-refractivity contribution in [2.75, 3.05) is 7.11 Å². The van der Waals surface area contributed by atoms with Crippen LogP contribution in [0, 0.1) is 11.3 Å². The molecule has 7 heteroatoms. The summed E-state index contributed by atoms with van der Waals surface area (Å²) in [5.74, 6) is 0.891. The minimum absolute atomic E-state index is 0.0706.